The number of hydrogen-bond donors (Lipinski definition) is 1. The Balaban J connectivity index is 3.05. The van der Waals surface area contributed by atoms with E-state index in [0.29, 0.717) is 19.6 Å². The van der Waals surface area contributed by atoms with Gasteiger partial charge in [0.05, 0.1) is 0 Å². The lowest BCUT2D eigenvalue weighted by Gasteiger charge is -2.30. The largest absolute Gasteiger partial charge is 0.381 e. The molecule has 0 fully saturated rings. The molecule has 0 saturated heterocycles. The van der Waals surface area contributed by atoms with Crippen LogP contribution in [0.25, 0.3) is 0 Å². The van der Waals surface area contributed by atoms with E-state index in [1.165, 1.54) is 0 Å². The zero-order valence-corrected chi connectivity index (χ0v) is 16.4. The summed E-state index contributed by atoms with van der Waals surface area (Å²) in [5, 5.41) is 2.90. The minimum absolute atomic E-state index is 0.0180. The number of nitrogens with one attached hydrogen (secondary N) is 1. The number of unbranched alkanes of at least 4 members (excludes halogenated alkanes) is 3. The highest BCUT2D eigenvalue weighted by molar-refractivity contribution is 6.55. The van der Waals surface area contributed by atoms with Crippen molar-refractivity contribution in [3.8, 4) is 0 Å². The van der Waals surface area contributed by atoms with Gasteiger partial charge in [-0.15, -0.1) is 0 Å². The lowest BCUT2D eigenvalue weighted by atomic mass is 10.0. The minimum Gasteiger partial charge on any atom is -0.381 e. The third kappa shape index (κ3) is 5.25. The molecule has 0 heterocycles. The molecule has 1 rings (SSSR count). The van der Waals surface area contributed by atoms with Crippen molar-refractivity contribution in [3.63, 3.8) is 0 Å². The molecule has 0 saturated carbocycles. The van der Waals surface area contributed by atoms with Gasteiger partial charge in [-0.3, -0.25) is 9.59 Å². The van der Waals surface area contributed by atoms with Crippen molar-refractivity contribution in [1.29, 1.82) is 0 Å². The summed E-state index contributed by atoms with van der Waals surface area (Å²) in [6, 6.07) is 0. The van der Waals surface area contributed by atoms with Crippen molar-refractivity contribution in [3.05, 3.63) is 21.5 Å². The molecule has 1 aliphatic carbocycles. The molecule has 0 aromatic heterocycles. The molecular formula is C18H28Cl2N2O2. The summed E-state index contributed by atoms with van der Waals surface area (Å²) < 4.78 is 0. The summed E-state index contributed by atoms with van der Waals surface area (Å²) in [4.78, 5) is 27.2. The Hall–Kier alpha value is -1.00. The summed E-state index contributed by atoms with van der Waals surface area (Å²) >= 11 is 12.5. The van der Waals surface area contributed by atoms with Crippen LogP contribution in [0.5, 0.6) is 0 Å². The van der Waals surface area contributed by atoms with Crippen LogP contribution in [0.2, 0.25) is 0 Å². The molecule has 0 aliphatic heterocycles. The molecule has 0 radical (unpaired) electrons. The fourth-order valence-corrected chi connectivity index (χ4v) is 3.04. The van der Waals surface area contributed by atoms with Gasteiger partial charge in [-0.05, 0) is 19.3 Å². The van der Waals surface area contributed by atoms with Crippen LogP contribution in [0.3, 0.4) is 0 Å². The zero-order valence-electron chi connectivity index (χ0n) is 14.9. The lowest BCUT2D eigenvalue weighted by molar-refractivity contribution is -0.117. The van der Waals surface area contributed by atoms with Crippen LogP contribution in [0.15, 0.2) is 21.5 Å². The number of nitrogens with zero attached hydrogens (tertiary/aromatic N) is 1. The first-order chi connectivity index (χ1) is 11.5. The van der Waals surface area contributed by atoms with E-state index >= 15 is 0 Å². The summed E-state index contributed by atoms with van der Waals surface area (Å²) in [5.74, 6) is -0.738. The van der Waals surface area contributed by atoms with Gasteiger partial charge in [0.1, 0.15) is 21.5 Å². The molecule has 0 spiro atoms. The van der Waals surface area contributed by atoms with E-state index in [1.807, 2.05) is 4.90 Å². The van der Waals surface area contributed by atoms with Gasteiger partial charge in [0.25, 0.3) is 0 Å². The Morgan fingerprint density at radius 1 is 0.833 bits per heavy atom. The first-order valence-electron chi connectivity index (χ1n) is 8.87. The number of carbonyl (C=O) groups is 2. The fraction of sp³-hybridized carbons (Fsp3) is 0.667. The Morgan fingerprint density at radius 3 is 1.88 bits per heavy atom. The first kappa shape index (κ1) is 21.0. The molecule has 0 aromatic carbocycles. The molecule has 0 aromatic rings. The third-order valence-electron chi connectivity index (χ3n) is 3.98. The van der Waals surface area contributed by atoms with Gasteiger partial charge in [0, 0.05) is 19.6 Å². The van der Waals surface area contributed by atoms with Crippen molar-refractivity contribution >= 4 is 34.8 Å². The Morgan fingerprint density at radius 2 is 1.38 bits per heavy atom. The van der Waals surface area contributed by atoms with Crippen LogP contribution in [0.1, 0.15) is 59.3 Å². The van der Waals surface area contributed by atoms with Gasteiger partial charge >= 0.3 is 0 Å². The molecule has 0 atom stereocenters. The zero-order chi connectivity index (χ0) is 18.1. The average Bonchev–Trinajstić information content (AvgIpc) is 2.58. The highest BCUT2D eigenvalue weighted by Crippen LogP contribution is 2.30. The molecule has 0 amide bonds. The van der Waals surface area contributed by atoms with Crippen LogP contribution >= 0.6 is 23.2 Å². The first-order valence-corrected chi connectivity index (χ1v) is 9.62. The second kappa shape index (κ2) is 10.8. The molecule has 1 aliphatic rings. The van der Waals surface area contributed by atoms with Crippen molar-refractivity contribution in [1.82, 2.24) is 10.2 Å². The SMILES string of the molecule is CCCCNC1=C(Cl)C(=O)C(N(CCCC)CCCC)=C(Cl)C1=O. The van der Waals surface area contributed by atoms with E-state index < -0.39 is 0 Å². The molecule has 6 heteroatoms. The number of ketones is 2. The third-order valence-corrected chi connectivity index (χ3v) is 4.69. The summed E-state index contributed by atoms with van der Waals surface area (Å²) in [6.07, 6.45) is 5.74. The van der Waals surface area contributed by atoms with E-state index in [0.717, 1.165) is 38.5 Å². The van der Waals surface area contributed by atoms with E-state index in [1.54, 1.807) is 0 Å². The monoisotopic (exact) mass is 374 g/mol. The predicted molar refractivity (Wildman–Crippen MR) is 100 cm³/mol. The van der Waals surface area contributed by atoms with E-state index in [4.69, 9.17) is 23.2 Å². The van der Waals surface area contributed by atoms with Gasteiger partial charge in [-0.1, -0.05) is 63.2 Å². The second-order valence-electron chi connectivity index (χ2n) is 5.98. The van der Waals surface area contributed by atoms with Crippen LogP contribution < -0.4 is 5.32 Å². The van der Waals surface area contributed by atoms with Crippen LogP contribution in [0.4, 0.5) is 0 Å². The molecule has 0 unspecified atom stereocenters. The average molecular weight is 375 g/mol. The van der Waals surface area contributed by atoms with Gasteiger partial charge in [0.15, 0.2) is 0 Å². The number of Topliss-reactive ketones (excluding diaryl/α,β-unsaturated/α-hetero) is 2. The molecular weight excluding hydrogens is 347 g/mol. The van der Waals surface area contributed by atoms with Crippen molar-refractivity contribution in [2.24, 2.45) is 0 Å². The highest BCUT2D eigenvalue weighted by atomic mass is 35.5. The normalized spacial score (nSPS) is 15.4. The Bertz CT molecular complexity index is 519. The summed E-state index contributed by atoms with van der Waals surface area (Å²) in [7, 11) is 0. The topological polar surface area (TPSA) is 49.4 Å². The van der Waals surface area contributed by atoms with Gasteiger partial charge < -0.3 is 10.2 Å². The van der Waals surface area contributed by atoms with Crippen molar-refractivity contribution in [2.75, 3.05) is 19.6 Å². The second-order valence-corrected chi connectivity index (χ2v) is 6.74. The van der Waals surface area contributed by atoms with Crippen LogP contribution in [-0.2, 0) is 9.59 Å². The maximum absolute atomic E-state index is 12.7. The predicted octanol–water partition coefficient (Wildman–Crippen LogP) is 4.33. The Labute approximate surface area is 155 Å². The lowest BCUT2D eigenvalue weighted by Crippen LogP contribution is -2.37. The van der Waals surface area contributed by atoms with Crippen molar-refractivity contribution < 1.29 is 9.59 Å². The standard InChI is InChI=1S/C18H28Cl2N2O2/c1-4-7-10-21-15-13(19)18(24)16(14(20)17(15)23)22(11-8-5-2)12-9-6-3/h21H,4-12H2,1-3H3. The smallest absolute Gasteiger partial charge is 0.224 e. The minimum atomic E-state index is -0.384. The molecule has 4 nitrogen and oxygen atoms in total. The molecule has 0 bridgehead atoms. The molecule has 24 heavy (non-hydrogen) atoms. The van der Waals surface area contributed by atoms with E-state index in [-0.39, 0.29) is 33.0 Å². The maximum Gasteiger partial charge on any atom is 0.224 e. The fourth-order valence-electron chi connectivity index (χ4n) is 2.50. The Kier molecular flexibility index (Phi) is 9.45. The van der Waals surface area contributed by atoms with Crippen LogP contribution in [-0.4, -0.2) is 36.1 Å². The number of halogens is 2. The van der Waals surface area contributed by atoms with Crippen LogP contribution in [0, 0.1) is 0 Å². The van der Waals surface area contributed by atoms with Gasteiger partial charge in [-0.25, -0.2) is 0 Å². The maximum atomic E-state index is 12.7. The number of rotatable bonds is 11. The van der Waals surface area contributed by atoms with Gasteiger partial charge in [-0.2, -0.15) is 0 Å². The highest BCUT2D eigenvalue weighted by Gasteiger charge is 2.35. The van der Waals surface area contributed by atoms with E-state index in [9.17, 15) is 9.59 Å². The summed E-state index contributed by atoms with van der Waals surface area (Å²) in [6.45, 7) is 8.22. The van der Waals surface area contributed by atoms with E-state index in [2.05, 4.69) is 26.1 Å². The summed E-state index contributed by atoms with van der Waals surface area (Å²) in [5.41, 5.74) is 0.393. The van der Waals surface area contributed by atoms with Crippen molar-refractivity contribution in [2.45, 2.75) is 59.3 Å². The number of carbonyl (C=O) groups excluding carboxylic acids is 2. The number of allylic oxidation sites excluding steroid dienone is 2. The molecule has 1 N–H and O–H groups in total. The van der Waals surface area contributed by atoms with Gasteiger partial charge in [0.2, 0.25) is 11.6 Å². The molecule has 136 valence electrons. The quantitative estimate of drug-likeness (QED) is 0.431. The number of hydrogen-bond acceptors (Lipinski definition) is 4.